The van der Waals surface area contributed by atoms with Gasteiger partial charge in [0, 0.05) is 12.5 Å². The lowest BCUT2D eigenvalue weighted by molar-refractivity contribution is -0.120. The molecule has 0 aromatic heterocycles. The zero-order valence-electron chi connectivity index (χ0n) is 15.7. The van der Waals surface area contributed by atoms with Crippen LogP contribution in [0.4, 0.5) is 0 Å². The molecule has 0 atom stereocenters. The summed E-state index contributed by atoms with van der Waals surface area (Å²) in [6.07, 6.45) is 6.81. The van der Waals surface area contributed by atoms with Crippen LogP contribution in [0, 0.1) is 6.92 Å². The van der Waals surface area contributed by atoms with Gasteiger partial charge in [-0.3, -0.25) is 9.59 Å². The first-order valence-electron chi connectivity index (χ1n) is 9.08. The predicted octanol–water partition coefficient (Wildman–Crippen LogP) is 4.63. The molecule has 1 amide bonds. The van der Waals surface area contributed by atoms with E-state index in [1.54, 1.807) is 37.3 Å². The van der Waals surface area contributed by atoms with Crippen LogP contribution in [0.1, 0.15) is 42.9 Å². The number of aryl methyl sites for hydroxylation is 1. The highest BCUT2D eigenvalue weighted by molar-refractivity contribution is 6.05. The molecule has 0 unspecified atom stereocenters. The summed E-state index contributed by atoms with van der Waals surface area (Å²) in [6.45, 7) is 3.80. The summed E-state index contributed by atoms with van der Waals surface area (Å²) in [5, 5.41) is 12.4. The monoisotopic (exact) mass is 363 g/mol. The summed E-state index contributed by atoms with van der Waals surface area (Å²) in [7, 11) is 0. The van der Waals surface area contributed by atoms with E-state index in [1.807, 2.05) is 37.3 Å². The van der Waals surface area contributed by atoms with Crippen LogP contribution in [0.2, 0.25) is 0 Å². The highest BCUT2D eigenvalue weighted by Crippen LogP contribution is 2.19. The fourth-order valence-electron chi connectivity index (χ4n) is 2.50. The lowest BCUT2D eigenvalue weighted by atomic mass is 10.1. The molecule has 0 saturated carbocycles. The quantitative estimate of drug-likeness (QED) is 0.672. The van der Waals surface area contributed by atoms with Gasteiger partial charge < -0.3 is 10.4 Å². The number of amides is 1. The summed E-state index contributed by atoms with van der Waals surface area (Å²) in [6, 6.07) is 14.5. The number of phenols is 1. The number of carbonyl (C=O) groups is 2. The largest absolute Gasteiger partial charge is 0.508 e. The van der Waals surface area contributed by atoms with Crippen molar-refractivity contribution in [3.63, 3.8) is 0 Å². The topological polar surface area (TPSA) is 66.4 Å². The summed E-state index contributed by atoms with van der Waals surface area (Å²) in [5.74, 6) is -0.268. The fraction of sp³-hybridized carbons (Fsp3) is 0.217. The van der Waals surface area contributed by atoms with Gasteiger partial charge in [-0.2, -0.15) is 0 Å². The molecule has 4 heteroatoms. The molecule has 2 aromatic carbocycles. The minimum Gasteiger partial charge on any atom is -0.508 e. The van der Waals surface area contributed by atoms with Gasteiger partial charge in [0.05, 0.1) is 5.70 Å². The number of ketones is 1. The molecule has 2 rings (SSSR count). The number of carbonyl (C=O) groups excluding carboxylic acids is 2. The number of phenolic OH excluding ortho intramolecular Hbond substituents is 1. The van der Waals surface area contributed by atoms with Gasteiger partial charge in [0.15, 0.2) is 5.78 Å². The average molecular weight is 363 g/mol. The number of hydrogen-bond donors (Lipinski definition) is 2. The van der Waals surface area contributed by atoms with Gasteiger partial charge in [-0.05, 0) is 54.3 Å². The van der Waals surface area contributed by atoms with E-state index in [1.165, 1.54) is 6.08 Å². The third-order valence-corrected chi connectivity index (χ3v) is 4.07. The molecule has 27 heavy (non-hydrogen) atoms. The Balaban J connectivity index is 2.19. The zero-order chi connectivity index (χ0) is 19.6. The van der Waals surface area contributed by atoms with E-state index >= 15 is 0 Å². The van der Waals surface area contributed by atoms with E-state index in [9.17, 15) is 14.7 Å². The average Bonchev–Trinajstić information content (AvgIpc) is 2.67. The third kappa shape index (κ3) is 6.59. The smallest absolute Gasteiger partial charge is 0.248 e. The third-order valence-electron chi connectivity index (χ3n) is 4.07. The number of hydrogen-bond acceptors (Lipinski definition) is 3. The Morgan fingerprint density at radius 2 is 1.81 bits per heavy atom. The molecule has 0 radical (unpaired) electrons. The molecule has 4 nitrogen and oxygen atoms in total. The molecule has 2 aromatic rings. The van der Waals surface area contributed by atoms with Crippen molar-refractivity contribution in [2.24, 2.45) is 0 Å². The minimum absolute atomic E-state index is 0.107. The number of unbranched alkanes of at least 4 members (excludes halogenated alkanes) is 1. The van der Waals surface area contributed by atoms with E-state index in [4.69, 9.17) is 0 Å². The number of rotatable bonds is 8. The van der Waals surface area contributed by atoms with Gasteiger partial charge in [0.25, 0.3) is 0 Å². The van der Waals surface area contributed by atoms with Crippen LogP contribution in [0.25, 0.3) is 12.2 Å². The van der Waals surface area contributed by atoms with Crippen LogP contribution in [-0.2, 0) is 9.59 Å². The second-order valence-corrected chi connectivity index (χ2v) is 6.36. The van der Waals surface area contributed by atoms with Crippen molar-refractivity contribution in [1.82, 2.24) is 5.32 Å². The molecule has 0 bridgehead atoms. The number of allylic oxidation sites excluding steroid dienone is 1. The van der Waals surface area contributed by atoms with Crippen LogP contribution >= 0.6 is 0 Å². The Morgan fingerprint density at radius 1 is 1.07 bits per heavy atom. The van der Waals surface area contributed by atoms with Crippen molar-refractivity contribution in [2.45, 2.75) is 33.1 Å². The van der Waals surface area contributed by atoms with Crippen molar-refractivity contribution in [3.05, 3.63) is 77.0 Å². The van der Waals surface area contributed by atoms with Gasteiger partial charge in [0.1, 0.15) is 5.75 Å². The summed E-state index contributed by atoms with van der Waals surface area (Å²) < 4.78 is 0. The zero-order valence-corrected chi connectivity index (χ0v) is 15.7. The van der Waals surface area contributed by atoms with Crippen LogP contribution in [0.5, 0.6) is 5.75 Å². The van der Waals surface area contributed by atoms with Crippen LogP contribution in [-0.4, -0.2) is 16.8 Å². The highest BCUT2D eigenvalue weighted by atomic mass is 16.3. The van der Waals surface area contributed by atoms with E-state index in [0.29, 0.717) is 12.0 Å². The number of nitrogens with one attached hydrogen (secondary N) is 1. The van der Waals surface area contributed by atoms with Crippen LogP contribution in [0.15, 0.2) is 60.3 Å². The lowest BCUT2D eigenvalue weighted by Crippen LogP contribution is -2.25. The van der Waals surface area contributed by atoms with E-state index in [-0.39, 0.29) is 23.1 Å². The molecule has 140 valence electrons. The van der Waals surface area contributed by atoms with Crippen LogP contribution < -0.4 is 5.32 Å². The maximum atomic E-state index is 12.5. The second-order valence-electron chi connectivity index (χ2n) is 6.36. The van der Waals surface area contributed by atoms with Crippen LogP contribution in [0.3, 0.4) is 0 Å². The molecule has 0 saturated heterocycles. The summed E-state index contributed by atoms with van der Waals surface area (Å²) >= 11 is 0. The highest BCUT2D eigenvalue weighted by Gasteiger charge is 2.12. The predicted molar refractivity (Wildman–Crippen MR) is 109 cm³/mol. The summed E-state index contributed by atoms with van der Waals surface area (Å²) in [5.41, 5.74) is 2.62. The van der Waals surface area contributed by atoms with Crippen molar-refractivity contribution in [1.29, 1.82) is 0 Å². The molecular weight excluding hydrogens is 338 g/mol. The van der Waals surface area contributed by atoms with Gasteiger partial charge in [-0.1, -0.05) is 49.7 Å². The van der Waals surface area contributed by atoms with Gasteiger partial charge in [-0.15, -0.1) is 0 Å². The molecule has 0 spiro atoms. The number of aromatic hydroxyl groups is 1. The molecule has 0 aliphatic rings. The molecule has 0 heterocycles. The Kier molecular flexibility index (Phi) is 7.56. The van der Waals surface area contributed by atoms with Crippen molar-refractivity contribution >= 4 is 23.8 Å². The van der Waals surface area contributed by atoms with Gasteiger partial charge in [-0.25, -0.2) is 0 Å². The normalized spacial score (nSPS) is 11.6. The van der Waals surface area contributed by atoms with Gasteiger partial charge in [0.2, 0.25) is 5.91 Å². The Bertz CT molecular complexity index is 851. The molecular formula is C23H25NO3. The first-order chi connectivity index (χ1) is 13.0. The fourth-order valence-corrected chi connectivity index (χ4v) is 2.50. The van der Waals surface area contributed by atoms with Crippen molar-refractivity contribution < 1.29 is 14.7 Å². The minimum atomic E-state index is -0.356. The first kappa shape index (κ1) is 20.2. The van der Waals surface area contributed by atoms with E-state index in [2.05, 4.69) is 5.32 Å². The first-order valence-corrected chi connectivity index (χ1v) is 9.08. The van der Waals surface area contributed by atoms with Crippen molar-refractivity contribution in [3.8, 4) is 5.75 Å². The summed E-state index contributed by atoms with van der Waals surface area (Å²) in [4.78, 5) is 24.8. The lowest BCUT2D eigenvalue weighted by Gasteiger charge is -2.08. The number of benzene rings is 2. The Morgan fingerprint density at radius 3 is 2.48 bits per heavy atom. The molecule has 0 aliphatic heterocycles. The molecule has 0 aliphatic carbocycles. The second kappa shape index (κ2) is 10.1. The molecule has 0 fully saturated rings. The Hall–Kier alpha value is -3.14. The van der Waals surface area contributed by atoms with Crippen molar-refractivity contribution in [2.75, 3.05) is 0 Å². The SMILES string of the molecule is CCCCC(=O)/C(=C/c1ccc(O)c(C)c1)NC(=O)/C=C/c1ccccc1. The standard InChI is InChI=1S/C23H25NO3/c1-3-4-10-22(26)20(16-19-11-13-21(25)17(2)15-19)24-23(27)14-12-18-8-6-5-7-9-18/h5-9,11-16,25H,3-4,10H2,1-2H3,(H,24,27)/b14-12+,20-16-. The Labute approximate surface area is 160 Å². The van der Waals surface area contributed by atoms with Gasteiger partial charge >= 0.3 is 0 Å². The maximum Gasteiger partial charge on any atom is 0.248 e. The molecule has 2 N–H and O–H groups in total. The van der Waals surface area contributed by atoms with E-state index < -0.39 is 0 Å². The number of Topliss-reactive ketones (excluding diaryl/α,β-unsaturated/α-hetero) is 1. The maximum absolute atomic E-state index is 12.5. The van der Waals surface area contributed by atoms with E-state index in [0.717, 1.165) is 24.0 Å².